The monoisotopic (exact) mass is 485 g/mol. The Hall–Kier alpha value is -3.97. The number of anilines is 1. The Balaban J connectivity index is 1.42. The minimum atomic E-state index is -0.866. The molecule has 176 valence electrons. The van der Waals surface area contributed by atoms with E-state index >= 15 is 0 Å². The highest BCUT2D eigenvalue weighted by Crippen LogP contribution is 2.24. The molecule has 2 amide bonds. The van der Waals surface area contributed by atoms with Crippen LogP contribution in [0, 0.1) is 5.82 Å². The van der Waals surface area contributed by atoms with Gasteiger partial charge in [-0.2, -0.15) is 0 Å². The Morgan fingerprint density at radius 3 is 2.26 bits per heavy atom. The lowest BCUT2D eigenvalue weighted by molar-refractivity contribution is -0.118. The van der Waals surface area contributed by atoms with Gasteiger partial charge in [0.15, 0.2) is 0 Å². The van der Waals surface area contributed by atoms with Crippen molar-refractivity contribution >= 4 is 29.3 Å². The van der Waals surface area contributed by atoms with Crippen molar-refractivity contribution in [2.75, 3.05) is 5.32 Å². The maximum Gasteiger partial charge on any atom is 0.251 e. The standard InChI is InChI=1S/C28H24FN3O2S/c29-22-11-9-21(10-12-22)27(33)32-26(18-24-8-4-5-17-30-24)28(34)31-23-13-15-25(16-14-23)35-19-20-6-2-1-3-7-20/h1-17,26H,18-19H2,(H,31,34)(H,32,33). The smallest absolute Gasteiger partial charge is 0.251 e. The summed E-state index contributed by atoms with van der Waals surface area (Å²) >= 11 is 1.71. The van der Waals surface area contributed by atoms with Gasteiger partial charge in [0.1, 0.15) is 11.9 Å². The molecule has 0 aliphatic heterocycles. The summed E-state index contributed by atoms with van der Waals surface area (Å²) in [5, 5.41) is 5.63. The summed E-state index contributed by atoms with van der Waals surface area (Å²) in [7, 11) is 0. The molecule has 1 heterocycles. The van der Waals surface area contributed by atoms with Gasteiger partial charge in [-0.05, 0) is 66.2 Å². The van der Waals surface area contributed by atoms with Crippen molar-refractivity contribution in [1.29, 1.82) is 0 Å². The maximum absolute atomic E-state index is 13.2. The summed E-state index contributed by atoms with van der Waals surface area (Å²) < 4.78 is 13.2. The molecule has 3 aromatic carbocycles. The highest BCUT2D eigenvalue weighted by Gasteiger charge is 2.23. The molecule has 7 heteroatoms. The first kappa shape index (κ1) is 24.2. The van der Waals surface area contributed by atoms with Crippen molar-refractivity contribution in [1.82, 2.24) is 10.3 Å². The molecule has 0 saturated heterocycles. The van der Waals surface area contributed by atoms with Crippen molar-refractivity contribution in [2.45, 2.75) is 23.1 Å². The third-order valence-corrected chi connectivity index (χ3v) is 6.32. The minimum absolute atomic E-state index is 0.213. The quantitative estimate of drug-likeness (QED) is 0.308. The zero-order valence-corrected chi connectivity index (χ0v) is 19.7. The molecule has 1 unspecified atom stereocenters. The molecule has 0 saturated carbocycles. The van der Waals surface area contributed by atoms with Crippen LogP contribution in [0.25, 0.3) is 0 Å². The Labute approximate surface area is 207 Å². The van der Waals surface area contributed by atoms with Gasteiger partial charge in [0.2, 0.25) is 5.91 Å². The second kappa shape index (κ2) is 11.9. The van der Waals surface area contributed by atoms with Gasteiger partial charge >= 0.3 is 0 Å². The Morgan fingerprint density at radius 1 is 0.857 bits per heavy atom. The van der Waals surface area contributed by atoms with Gasteiger partial charge in [0.25, 0.3) is 5.91 Å². The molecule has 2 N–H and O–H groups in total. The van der Waals surface area contributed by atoms with Crippen molar-refractivity contribution in [3.8, 4) is 0 Å². The summed E-state index contributed by atoms with van der Waals surface area (Å²) in [6.45, 7) is 0. The molecule has 0 fully saturated rings. The average molecular weight is 486 g/mol. The summed E-state index contributed by atoms with van der Waals surface area (Å²) in [6.07, 6.45) is 1.85. The third kappa shape index (κ3) is 7.25. The molecule has 0 aliphatic carbocycles. The number of thioether (sulfide) groups is 1. The van der Waals surface area contributed by atoms with Crippen LogP contribution in [0.4, 0.5) is 10.1 Å². The third-order valence-electron chi connectivity index (χ3n) is 5.24. The van der Waals surface area contributed by atoms with E-state index in [4.69, 9.17) is 0 Å². The summed E-state index contributed by atoms with van der Waals surface area (Å²) in [4.78, 5) is 31.2. The number of carbonyl (C=O) groups is 2. The normalized spacial score (nSPS) is 11.5. The molecular formula is C28H24FN3O2S. The van der Waals surface area contributed by atoms with Crippen molar-refractivity contribution in [2.24, 2.45) is 0 Å². The van der Waals surface area contributed by atoms with Crippen LogP contribution < -0.4 is 10.6 Å². The second-order valence-electron chi connectivity index (χ2n) is 7.85. The fourth-order valence-corrected chi connectivity index (χ4v) is 4.24. The number of nitrogens with one attached hydrogen (secondary N) is 2. The van der Waals surface area contributed by atoms with Gasteiger partial charge in [-0.25, -0.2) is 4.39 Å². The highest BCUT2D eigenvalue weighted by atomic mass is 32.2. The van der Waals surface area contributed by atoms with Gasteiger partial charge in [0.05, 0.1) is 0 Å². The molecule has 1 atom stereocenters. The molecule has 0 aliphatic rings. The van der Waals surface area contributed by atoms with E-state index in [0.29, 0.717) is 11.4 Å². The number of halogens is 1. The Morgan fingerprint density at radius 2 is 1.57 bits per heavy atom. The average Bonchev–Trinajstić information content (AvgIpc) is 2.89. The van der Waals surface area contributed by atoms with Crippen LogP contribution in [-0.4, -0.2) is 22.8 Å². The van der Waals surface area contributed by atoms with E-state index < -0.39 is 17.8 Å². The van der Waals surface area contributed by atoms with E-state index in [-0.39, 0.29) is 17.9 Å². The van der Waals surface area contributed by atoms with E-state index in [1.807, 2.05) is 48.5 Å². The van der Waals surface area contributed by atoms with Crippen LogP contribution in [-0.2, 0) is 17.0 Å². The molecule has 1 aromatic heterocycles. The van der Waals surface area contributed by atoms with Crippen LogP contribution in [0.2, 0.25) is 0 Å². The maximum atomic E-state index is 13.2. The number of amides is 2. The van der Waals surface area contributed by atoms with Crippen LogP contribution in [0.3, 0.4) is 0 Å². The van der Waals surface area contributed by atoms with E-state index in [0.717, 1.165) is 10.6 Å². The molecule has 35 heavy (non-hydrogen) atoms. The van der Waals surface area contributed by atoms with Crippen LogP contribution >= 0.6 is 11.8 Å². The molecular weight excluding hydrogens is 461 g/mol. The largest absolute Gasteiger partial charge is 0.340 e. The lowest BCUT2D eigenvalue weighted by Crippen LogP contribution is -2.45. The minimum Gasteiger partial charge on any atom is -0.340 e. The number of pyridine rings is 1. The molecule has 0 spiro atoms. The number of rotatable bonds is 9. The molecule has 4 aromatic rings. The lowest BCUT2D eigenvalue weighted by Gasteiger charge is -2.18. The zero-order valence-electron chi connectivity index (χ0n) is 18.9. The predicted molar refractivity (Wildman–Crippen MR) is 137 cm³/mol. The number of nitrogens with zero attached hydrogens (tertiary/aromatic N) is 1. The fraction of sp³-hybridized carbons (Fsp3) is 0.107. The molecule has 0 radical (unpaired) electrons. The topological polar surface area (TPSA) is 71.1 Å². The van der Waals surface area contributed by atoms with Gasteiger partial charge in [-0.15, -0.1) is 11.8 Å². The predicted octanol–water partition coefficient (Wildman–Crippen LogP) is 5.49. The van der Waals surface area contributed by atoms with Crippen LogP contribution in [0.5, 0.6) is 0 Å². The second-order valence-corrected chi connectivity index (χ2v) is 8.89. The Kier molecular flexibility index (Phi) is 8.25. The van der Waals surface area contributed by atoms with Crippen molar-refractivity contribution < 1.29 is 14.0 Å². The van der Waals surface area contributed by atoms with E-state index in [2.05, 4.69) is 27.8 Å². The fourth-order valence-electron chi connectivity index (χ4n) is 3.38. The molecule has 0 bridgehead atoms. The van der Waals surface area contributed by atoms with E-state index in [9.17, 15) is 14.0 Å². The highest BCUT2D eigenvalue weighted by molar-refractivity contribution is 7.98. The van der Waals surface area contributed by atoms with Gasteiger partial charge < -0.3 is 10.6 Å². The van der Waals surface area contributed by atoms with Gasteiger partial charge in [0, 0.05) is 40.2 Å². The summed E-state index contributed by atoms with van der Waals surface area (Å²) in [6, 6.07) is 27.5. The molecule has 5 nitrogen and oxygen atoms in total. The van der Waals surface area contributed by atoms with Crippen molar-refractivity contribution in [3.63, 3.8) is 0 Å². The number of hydrogen-bond donors (Lipinski definition) is 2. The molecule has 4 rings (SSSR count). The first-order valence-corrected chi connectivity index (χ1v) is 12.1. The lowest BCUT2D eigenvalue weighted by atomic mass is 10.1. The zero-order chi connectivity index (χ0) is 24.5. The number of carbonyl (C=O) groups excluding carboxylic acids is 2. The number of aromatic nitrogens is 1. The van der Waals surface area contributed by atoms with E-state index in [1.165, 1.54) is 29.8 Å². The number of hydrogen-bond acceptors (Lipinski definition) is 4. The summed E-state index contributed by atoms with van der Waals surface area (Å²) in [5.74, 6) is -0.409. The Bertz CT molecular complexity index is 1250. The SMILES string of the molecule is O=C(NC(Cc1ccccn1)C(=O)Nc1ccc(SCc2ccccc2)cc1)c1ccc(F)cc1. The first-order valence-electron chi connectivity index (χ1n) is 11.1. The van der Waals surface area contributed by atoms with Crippen molar-refractivity contribution in [3.05, 3.63) is 126 Å². The number of benzene rings is 3. The first-order chi connectivity index (χ1) is 17.1. The summed E-state index contributed by atoms with van der Waals surface area (Å²) in [5.41, 5.74) is 2.80. The van der Waals surface area contributed by atoms with Gasteiger partial charge in [-0.3, -0.25) is 14.6 Å². The van der Waals surface area contributed by atoms with Crippen LogP contribution in [0.1, 0.15) is 21.6 Å². The van der Waals surface area contributed by atoms with E-state index in [1.54, 1.807) is 30.1 Å². The van der Waals surface area contributed by atoms with Crippen LogP contribution in [0.15, 0.2) is 108 Å². The van der Waals surface area contributed by atoms with Gasteiger partial charge in [-0.1, -0.05) is 36.4 Å².